The lowest BCUT2D eigenvalue weighted by molar-refractivity contribution is -0.142. The van der Waals surface area contributed by atoms with Gasteiger partial charge in [-0.25, -0.2) is 4.68 Å². The minimum Gasteiger partial charge on any atom is -0.383 e. The van der Waals surface area contributed by atoms with E-state index in [1.165, 1.54) is 0 Å². The fraction of sp³-hybridized carbons (Fsp3) is 0.333. The van der Waals surface area contributed by atoms with Crippen LogP contribution in [0.25, 0.3) is 0 Å². The first-order chi connectivity index (χ1) is 6.35. The van der Waals surface area contributed by atoms with E-state index in [0.717, 1.165) is 0 Å². The highest BCUT2D eigenvalue weighted by Crippen LogP contribution is 2.24. The Hall–Kier alpha value is -1.23. The Kier molecular flexibility index (Phi) is 2.71. The number of rotatable bonds is 1. The molecule has 1 aromatic rings. The zero-order chi connectivity index (χ0) is 10.9. The van der Waals surface area contributed by atoms with Gasteiger partial charge >= 0.3 is 6.18 Å². The van der Waals surface area contributed by atoms with Crippen molar-refractivity contribution in [3.8, 4) is 6.07 Å². The van der Waals surface area contributed by atoms with Gasteiger partial charge in [-0.15, -0.1) is 0 Å². The predicted molar refractivity (Wildman–Crippen MR) is 45.1 cm³/mol. The second-order valence-electron chi connectivity index (χ2n) is 2.44. The minimum absolute atomic E-state index is 0.0155. The Morgan fingerprint density at radius 2 is 2.14 bits per heavy atom. The molecule has 2 N–H and O–H groups in total. The molecule has 1 rings (SSSR count). The van der Waals surface area contributed by atoms with E-state index in [1.807, 2.05) is 0 Å². The van der Waals surface area contributed by atoms with Crippen molar-refractivity contribution in [3.63, 3.8) is 0 Å². The molecule has 0 unspecified atom stereocenters. The second-order valence-corrected chi connectivity index (χ2v) is 3.19. The summed E-state index contributed by atoms with van der Waals surface area (Å²) in [5.41, 5.74) is 5.18. The Morgan fingerprint density at radius 1 is 1.57 bits per heavy atom. The molecule has 1 aromatic heterocycles. The Morgan fingerprint density at radius 3 is 2.50 bits per heavy atom. The third-order valence-electron chi connectivity index (χ3n) is 1.39. The van der Waals surface area contributed by atoms with Crippen LogP contribution in [0.1, 0.15) is 5.56 Å². The summed E-state index contributed by atoms with van der Waals surface area (Å²) < 4.78 is 36.4. The van der Waals surface area contributed by atoms with Gasteiger partial charge < -0.3 is 5.73 Å². The molecule has 0 atom stereocenters. The van der Waals surface area contributed by atoms with E-state index in [0.29, 0.717) is 4.68 Å². The number of alkyl halides is 3. The fourth-order valence-electron chi connectivity index (χ4n) is 0.838. The Balaban J connectivity index is 3.08. The first-order valence-electron chi connectivity index (χ1n) is 3.34. The zero-order valence-electron chi connectivity index (χ0n) is 6.64. The maximum absolute atomic E-state index is 12.0. The molecule has 4 nitrogen and oxygen atoms in total. The molecule has 76 valence electrons. The van der Waals surface area contributed by atoms with Gasteiger partial charge in [0.2, 0.25) is 0 Å². The van der Waals surface area contributed by atoms with Crippen molar-refractivity contribution in [2.45, 2.75) is 12.7 Å². The molecule has 0 radical (unpaired) electrons. The summed E-state index contributed by atoms with van der Waals surface area (Å²) in [7, 11) is 0. The topological polar surface area (TPSA) is 67.6 Å². The molecule has 1 heterocycles. The van der Waals surface area contributed by atoms with Crippen LogP contribution in [0.4, 0.5) is 19.0 Å². The third kappa shape index (κ3) is 2.17. The van der Waals surface area contributed by atoms with Crippen LogP contribution >= 0.6 is 15.9 Å². The van der Waals surface area contributed by atoms with Crippen LogP contribution in [0.2, 0.25) is 0 Å². The summed E-state index contributed by atoms with van der Waals surface area (Å²) in [5, 5.41) is 11.9. The van der Waals surface area contributed by atoms with E-state index in [4.69, 9.17) is 11.0 Å². The van der Waals surface area contributed by atoms with Crippen LogP contribution in [0.15, 0.2) is 4.60 Å². The van der Waals surface area contributed by atoms with E-state index in [2.05, 4.69) is 21.0 Å². The lowest BCUT2D eigenvalue weighted by atomic mass is 10.4. The maximum Gasteiger partial charge on any atom is 0.408 e. The molecule has 8 heteroatoms. The van der Waals surface area contributed by atoms with Crippen LogP contribution in [-0.2, 0) is 6.54 Å². The van der Waals surface area contributed by atoms with E-state index in [1.54, 1.807) is 6.07 Å². The highest BCUT2D eigenvalue weighted by molar-refractivity contribution is 9.10. The van der Waals surface area contributed by atoms with Gasteiger partial charge in [-0.3, -0.25) is 0 Å². The van der Waals surface area contributed by atoms with Crippen molar-refractivity contribution in [2.24, 2.45) is 0 Å². The molecule has 0 saturated heterocycles. The smallest absolute Gasteiger partial charge is 0.383 e. The lowest BCUT2D eigenvalue weighted by Crippen LogP contribution is -2.20. The highest BCUT2D eigenvalue weighted by Gasteiger charge is 2.30. The van der Waals surface area contributed by atoms with Crippen LogP contribution in [0.5, 0.6) is 0 Å². The first kappa shape index (κ1) is 10.8. The molecule has 14 heavy (non-hydrogen) atoms. The number of hydrogen-bond donors (Lipinski definition) is 1. The predicted octanol–water partition coefficient (Wildman–Crippen LogP) is 1.66. The molecule has 0 spiro atoms. The molecular weight excluding hydrogens is 265 g/mol. The average Bonchev–Trinajstić information content (AvgIpc) is 2.24. The van der Waals surface area contributed by atoms with Crippen molar-refractivity contribution in [1.82, 2.24) is 9.78 Å². The molecule has 0 bridgehead atoms. The van der Waals surface area contributed by atoms with Gasteiger partial charge in [-0.05, 0) is 15.9 Å². The highest BCUT2D eigenvalue weighted by atomic mass is 79.9. The molecule has 0 fully saturated rings. The second kappa shape index (κ2) is 3.49. The van der Waals surface area contributed by atoms with Crippen molar-refractivity contribution < 1.29 is 13.2 Å². The summed E-state index contributed by atoms with van der Waals surface area (Å²) in [6, 6.07) is 1.65. The molecule has 0 amide bonds. The Bertz CT molecular complexity index is 389. The van der Waals surface area contributed by atoms with Gasteiger partial charge in [0.25, 0.3) is 0 Å². The molecule has 0 aliphatic rings. The number of nitrogens with zero attached hydrogens (tertiary/aromatic N) is 3. The quantitative estimate of drug-likeness (QED) is 0.843. The number of hydrogen-bond acceptors (Lipinski definition) is 3. The van der Waals surface area contributed by atoms with Crippen LogP contribution in [0, 0.1) is 11.3 Å². The zero-order valence-corrected chi connectivity index (χ0v) is 8.22. The number of nitrogen functional groups attached to an aromatic ring is 1. The van der Waals surface area contributed by atoms with Gasteiger partial charge in [-0.1, -0.05) is 0 Å². The number of halogens is 4. The summed E-state index contributed by atoms with van der Waals surface area (Å²) >= 11 is 2.83. The Labute approximate surface area is 85.2 Å². The third-order valence-corrected chi connectivity index (χ3v) is 1.94. The molecule has 0 aliphatic carbocycles. The summed E-state index contributed by atoms with van der Waals surface area (Å²) in [6.07, 6.45) is -4.41. The molecule has 0 aliphatic heterocycles. The van der Waals surface area contributed by atoms with Crippen molar-refractivity contribution in [1.29, 1.82) is 5.26 Å². The van der Waals surface area contributed by atoms with Gasteiger partial charge in [0.15, 0.2) is 0 Å². The number of nitriles is 1. The van der Waals surface area contributed by atoms with Crippen molar-refractivity contribution in [2.75, 3.05) is 5.73 Å². The van der Waals surface area contributed by atoms with Crippen LogP contribution < -0.4 is 5.73 Å². The summed E-state index contributed by atoms with van der Waals surface area (Å²) in [4.78, 5) is 0. The van der Waals surface area contributed by atoms with Gasteiger partial charge in [0, 0.05) is 0 Å². The van der Waals surface area contributed by atoms with Crippen molar-refractivity contribution in [3.05, 3.63) is 10.2 Å². The van der Waals surface area contributed by atoms with E-state index in [9.17, 15) is 13.2 Å². The lowest BCUT2D eigenvalue weighted by Gasteiger charge is -2.06. The fourth-order valence-corrected chi connectivity index (χ4v) is 1.32. The SMILES string of the molecule is N#Cc1c(Br)nn(CC(F)(F)F)c1N. The van der Waals surface area contributed by atoms with Crippen LogP contribution in [-0.4, -0.2) is 16.0 Å². The van der Waals surface area contributed by atoms with Gasteiger partial charge in [-0.2, -0.15) is 23.5 Å². The number of anilines is 1. The van der Waals surface area contributed by atoms with E-state index >= 15 is 0 Å². The van der Waals surface area contributed by atoms with Gasteiger partial charge in [0.1, 0.15) is 28.6 Å². The number of nitrogens with two attached hydrogens (primary N) is 1. The average molecular weight is 269 g/mol. The van der Waals surface area contributed by atoms with E-state index in [-0.39, 0.29) is 16.0 Å². The molecule has 0 saturated carbocycles. The minimum atomic E-state index is -4.41. The summed E-state index contributed by atoms with van der Waals surface area (Å²) in [5.74, 6) is -0.295. The largest absolute Gasteiger partial charge is 0.408 e. The molecule has 0 aromatic carbocycles. The number of aromatic nitrogens is 2. The van der Waals surface area contributed by atoms with E-state index < -0.39 is 12.7 Å². The van der Waals surface area contributed by atoms with Gasteiger partial charge in [0.05, 0.1) is 0 Å². The summed E-state index contributed by atoms with van der Waals surface area (Å²) in [6.45, 7) is -1.31. The first-order valence-corrected chi connectivity index (χ1v) is 4.13. The monoisotopic (exact) mass is 268 g/mol. The normalized spacial score (nSPS) is 11.4. The standard InChI is InChI=1S/C6H4BrF3N4/c7-4-3(1-11)5(12)14(13-4)2-6(8,9)10/h2,12H2. The molecular formula is C6H4BrF3N4. The van der Waals surface area contributed by atoms with Crippen LogP contribution in [0.3, 0.4) is 0 Å². The maximum atomic E-state index is 12.0. The van der Waals surface area contributed by atoms with Crippen molar-refractivity contribution >= 4 is 21.7 Å².